The summed E-state index contributed by atoms with van der Waals surface area (Å²) in [6.45, 7) is 5.92. The van der Waals surface area contributed by atoms with Gasteiger partial charge in [0.15, 0.2) is 0 Å². The van der Waals surface area contributed by atoms with Crippen molar-refractivity contribution < 1.29 is 9.90 Å². The molecule has 0 bridgehead atoms. The zero-order chi connectivity index (χ0) is 25.7. The zero-order valence-corrected chi connectivity index (χ0v) is 20.5. The summed E-state index contributed by atoms with van der Waals surface area (Å²) in [5, 5.41) is 17.6. The fraction of sp³-hybridized carbons (Fsp3) is 0.172. The summed E-state index contributed by atoms with van der Waals surface area (Å²) in [5.74, 6) is 0.299. The number of aliphatic imine (C=N–C) groups is 1. The van der Waals surface area contributed by atoms with Gasteiger partial charge < -0.3 is 10.4 Å². The predicted molar refractivity (Wildman–Crippen MR) is 142 cm³/mol. The highest BCUT2D eigenvalue weighted by molar-refractivity contribution is 6.06. The topological polar surface area (TPSA) is 96.6 Å². The summed E-state index contributed by atoms with van der Waals surface area (Å²) >= 11 is 0. The normalized spacial score (nSPS) is 11.4. The maximum atomic E-state index is 12.8. The number of phenolic OH excluding ortho intramolecular Hbond substituents is 1. The quantitative estimate of drug-likeness (QED) is 0.299. The monoisotopic (exact) mass is 480 g/mol. The molecule has 1 amide bonds. The SMILES string of the molecule is CCc1ccc(O)c(-c2ccc(=O)n(Cc3cccc(C(=O)NC(C)=Nc4ccccc4C)c3)n2)c1. The number of rotatable bonds is 6. The van der Waals surface area contributed by atoms with Crippen molar-refractivity contribution in [2.24, 2.45) is 4.99 Å². The van der Waals surface area contributed by atoms with Crippen LogP contribution in [0, 0.1) is 6.92 Å². The first kappa shape index (κ1) is 24.6. The maximum absolute atomic E-state index is 12.8. The highest BCUT2D eigenvalue weighted by Crippen LogP contribution is 2.28. The van der Waals surface area contributed by atoms with E-state index in [0.717, 1.165) is 28.8 Å². The third-order valence-electron chi connectivity index (χ3n) is 5.83. The molecule has 0 saturated heterocycles. The van der Waals surface area contributed by atoms with Gasteiger partial charge in [0.25, 0.3) is 11.5 Å². The number of nitrogens with one attached hydrogen (secondary N) is 1. The molecule has 0 radical (unpaired) electrons. The first-order valence-corrected chi connectivity index (χ1v) is 11.8. The minimum atomic E-state index is -0.290. The Morgan fingerprint density at radius 3 is 2.58 bits per heavy atom. The second-order valence-corrected chi connectivity index (χ2v) is 8.56. The van der Waals surface area contributed by atoms with Crippen LogP contribution in [0.1, 0.15) is 40.9 Å². The molecule has 1 heterocycles. The van der Waals surface area contributed by atoms with Gasteiger partial charge in [-0.25, -0.2) is 9.67 Å². The number of para-hydroxylation sites is 1. The molecule has 4 aromatic rings. The van der Waals surface area contributed by atoms with Crippen LogP contribution in [0.3, 0.4) is 0 Å². The molecule has 0 aliphatic rings. The van der Waals surface area contributed by atoms with Gasteiger partial charge in [0.05, 0.1) is 17.9 Å². The van der Waals surface area contributed by atoms with Crippen LogP contribution < -0.4 is 10.9 Å². The number of benzene rings is 3. The number of hydrogen-bond donors (Lipinski definition) is 2. The first-order chi connectivity index (χ1) is 17.3. The van der Waals surface area contributed by atoms with Gasteiger partial charge in [-0.1, -0.05) is 43.3 Å². The zero-order valence-electron chi connectivity index (χ0n) is 20.5. The number of carbonyl (C=O) groups is 1. The average Bonchev–Trinajstić information content (AvgIpc) is 2.87. The Kier molecular flexibility index (Phi) is 7.39. The Morgan fingerprint density at radius 1 is 1.00 bits per heavy atom. The fourth-order valence-electron chi connectivity index (χ4n) is 3.83. The molecule has 3 aromatic carbocycles. The standard InChI is InChI=1S/C29H28N4O3/c1-4-21-12-14-27(34)24(17-21)26-13-15-28(35)33(32-26)18-22-9-7-10-23(16-22)29(36)31-20(3)30-25-11-6-5-8-19(25)2/h5-17,34H,4,18H2,1-3H3,(H,30,31,36). The van der Waals surface area contributed by atoms with Crippen molar-refractivity contribution in [2.75, 3.05) is 0 Å². The van der Waals surface area contributed by atoms with E-state index in [4.69, 9.17) is 0 Å². The number of amides is 1. The molecule has 4 rings (SSSR count). The van der Waals surface area contributed by atoms with Crippen molar-refractivity contribution in [3.05, 3.63) is 111 Å². The summed E-state index contributed by atoms with van der Waals surface area (Å²) < 4.78 is 1.33. The lowest BCUT2D eigenvalue weighted by Gasteiger charge is -2.11. The van der Waals surface area contributed by atoms with E-state index < -0.39 is 0 Å². The summed E-state index contributed by atoms with van der Waals surface area (Å²) in [6, 6.07) is 23.1. The highest BCUT2D eigenvalue weighted by Gasteiger charge is 2.11. The lowest BCUT2D eigenvalue weighted by molar-refractivity contribution is 0.0976. The van der Waals surface area contributed by atoms with E-state index in [9.17, 15) is 14.7 Å². The van der Waals surface area contributed by atoms with E-state index in [0.29, 0.717) is 22.7 Å². The second-order valence-electron chi connectivity index (χ2n) is 8.56. The van der Waals surface area contributed by atoms with Gasteiger partial charge in [-0.2, -0.15) is 5.10 Å². The van der Waals surface area contributed by atoms with Gasteiger partial charge in [-0.05, 0) is 73.4 Å². The van der Waals surface area contributed by atoms with E-state index >= 15 is 0 Å². The Labute approximate surface area is 209 Å². The van der Waals surface area contributed by atoms with Crippen LogP contribution in [0.5, 0.6) is 5.75 Å². The molecule has 2 N–H and O–H groups in total. The number of phenols is 1. The van der Waals surface area contributed by atoms with E-state index in [1.165, 1.54) is 10.7 Å². The largest absolute Gasteiger partial charge is 0.507 e. The smallest absolute Gasteiger partial charge is 0.267 e. The van der Waals surface area contributed by atoms with Crippen molar-refractivity contribution >= 4 is 17.4 Å². The molecule has 182 valence electrons. The Hall–Kier alpha value is -4.52. The van der Waals surface area contributed by atoms with Crippen LogP contribution in [-0.4, -0.2) is 26.6 Å². The van der Waals surface area contributed by atoms with Crippen molar-refractivity contribution in [1.29, 1.82) is 0 Å². The van der Waals surface area contributed by atoms with Gasteiger partial charge in [0.1, 0.15) is 11.6 Å². The van der Waals surface area contributed by atoms with Crippen LogP contribution in [0.25, 0.3) is 11.3 Å². The lowest BCUT2D eigenvalue weighted by Crippen LogP contribution is -2.28. The highest BCUT2D eigenvalue weighted by atomic mass is 16.3. The van der Waals surface area contributed by atoms with E-state index in [1.54, 1.807) is 37.3 Å². The molecule has 0 saturated carbocycles. The predicted octanol–water partition coefficient (Wildman–Crippen LogP) is 5.01. The lowest BCUT2D eigenvalue weighted by atomic mass is 10.1. The Balaban J connectivity index is 1.55. The van der Waals surface area contributed by atoms with Crippen LogP contribution in [-0.2, 0) is 13.0 Å². The fourth-order valence-corrected chi connectivity index (χ4v) is 3.83. The van der Waals surface area contributed by atoms with E-state index in [2.05, 4.69) is 15.4 Å². The number of aryl methyl sites for hydroxylation is 2. The number of aromatic hydroxyl groups is 1. The molecule has 0 spiro atoms. The molecule has 36 heavy (non-hydrogen) atoms. The van der Waals surface area contributed by atoms with Gasteiger partial charge in [-0.15, -0.1) is 0 Å². The molecular formula is C29H28N4O3. The molecule has 0 fully saturated rings. The number of carbonyl (C=O) groups excluding carboxylic acids is 1. The molecule has 7 heteroatoms. The molecule has 7 nitrogen and oxygen atoms in total. The van der Waals surface area contributed by atoms with E-state index in [1.807, 2.05) is 56.3 Å². The number of nitrogens with zero attached hydrogens (tertiary/aromatic N) is 3. The summed E-state index contributed by atoms with van der Waals surface area (Å²) in [6.07, 6.45) is 0.816. The number of hydrogen-bond acceptors (Lipinski definition) is 5. The number of amidine groups is 1. The van der Waals surface area contributed by atoms with Crippen molar-refractivity contribution in [3.8, 4) is 17.0 Å². The third kappa shape index (κ3) is 5.75. The molecule has 0 unspecified atom stereocenters. The second kappa shape index (κ2) is 10.8. The van der Waals surface area contributed by atoms with Gasteiger partial charge in [-0.3, -0.25) is 9.59 Å². The average molecular weight is 481 g/mol. The third-order valence-corrected chi connectivity index (χ3v) is 5.83. The van der Waals surface area contributed by atoms with Crippen LogP contribution in [0.4, 0.5) is 5.69 Å². The molecule has 1 aromatic heterocycles. The van der Waals surface area contributed by atoms with Gasteiger partial charge >= 0.3 is 0 Å². The van der Waals surface area contributed by atoms with Crippen molar-refractivity contribution in [2.45, 2.75) is 33.7 Å². The minimum Gasteiger partial charge on any atom is -0.507 e. The maximum Gasteiger partial charge on any atom is 0.267 e. The van der Waals surface area contributed by atoms with Gasteiger partial charge in [0.2, 0.25) is 0 Å². The summed E-state index contributed by atoms with van der Waals surface area (Å²) in [7, 11) is 0. The van der Waals surface area contributed by atoms with Crippen LogP contribution in [0.15, 0.2) is 88.6 Å². The van der Waals surface area contributed by atoms with Crippen molar-refractivity contribution in [3.63, 3.8) is 0 Å². The first-order valence-electron chi connectivity index (χ1n) is 11.8. The van der Waals surface area contributed by atoms with Crippen LogP contribution >= 0.6 is 0 Å². The number of aromatic nitrogens is 2. The molecular weight excluding hydrogens is 452 g/mol. The summed E-state index contributed by atoms with van der Waals surface area (Å²) in [4.78, 5) is 29.9. The van der Waals surface area contributed by atoms with Crippen LogP contribution in [0.2, 0.25) is 0 Å². The van der Waals surface area contributed by atoms with E-state index in [-0.39, 0.29) is 23.8 Å². The Morgan fingerprint density at radius 2 is 1.81 bits per heavy atom. The Bertz CT molecular complexity index is 1500. The molecule has 0 atom stereocenters. The molecule has 0 aliphatic carbocycles. The summed E-state index contributed by atoms with van der Waals surface area (Å²) in [5.41, 5.74) is 4.86. The minimum absolute atomic E-state index is 0.103. The molecule has 0 aliphatic heterocycles. The van der Waals surface area contributed by atoms with Crippen molar-refractivity contribution in [1.82, 2.24) is 15.1 Å². The van der Waals surface area contributed by atoms with Gasteiger partial charge in [0, 0.05) is 17.2 Å².